The molecule has 0 amide bonds. The van der Waals surface area contributed by atoms with Gasteiger partial charge in [-0.15, -0.1) is 0 Å². The zero-order valence-corrected chi connectivity index (χ0v) is 27.7. The first-order valence-electron chi connectivity index (χ1n) is 15.1. The van der Waals surface area contributed by atoms with Gasteiger partial charge in [-0.3, -0.25) is 9.36 Å². The number of benzene rings is 3. The first-order valence-corrected chi connectivity index (χ1v) is 16.0. The lowest BCUT2D eigenvalue weighted by atomic mass is 9.95. The molecule has 1 aromatic heterocycles. The van der Waals surface area contributed by atoms with Gasteiger partial charge in [0.2, 0.25) is 0 Å². The Labute approximate surface area is 280 Å². The smallest absolute Gasteiger partial charge is 0.343 e. The first-order chi connectivity index (χ1) is 23.3. The molecule has 0 saturated heterocycles. The Bertz CT molecular complexity index is 2110. The second-order valence-electron chi connectivity index (χ2n) is 10.4. The number of ether oxygens (including phenoxy) is 5. The van der Waals surface area contributed by atoms with E-state index >= 15 is 0 Å². The van der Waals surface area contributed by atoms with Gasteiger partial charge in [0.15, 0.2) is 22.9 Å². The molecule has 0 aliphatic carbocycles. The maximum Gasteiger partial charge on any atom is 0.343 e. The highest BCUT2D eigenvalue weighted by molar-refractivity contribution is 7.07. The van der Waals surface area contributed by atoms with E-state index in [2.05, 4.69) is 15.8 Å². The first kappa shape index (κ1) is 33.7. The molecule has 0 unspecified atom stereocenters. The second kappa shape index (κ2) is 15.3. The largest absolute Gasteiger partial charge is 0.490 e. The molecule has 3 aromatic carbocycles. The maximum atomic E-state index is 14.1. The van der Waals surface area contributed by atoms with Crippen LogP contribution in [0.15, 0.2) is 87.8 Å². The van der Waals surface area contributed by atoms with Crippen molar-refractivity contribution in [1.82, 2.24) is 4.57 Å². The number of aromatic nitrogens is 1. The Morgan fingerprint density at radius 1 is 1.00 bits per heavy atom. The number of esters is 2. The summed E-state index contributed by atoms with van der Waals surface area (Å²) in [6, 6.07) is 20.8. The van der Waals surface area contributed by atoms with Gasteiger partial charge >= 0.3 is 11.9 Å². The van der Waals surface area contributed by atoms with Gasteiger partial charge in [-0.25, -0.2) is 14.6 Å². The quantitative estimate of drug-likeness (QED) is 0.204. The lowest BCUT2D eigenvalue weighted by molar-refractivity contribution is -0.143. The van der Waals surface area contributed by atoms with Crippen LogP contribution >= 0.6 is 11.3 Å². The zero-order chi connectivity index (χ0) is 34.2. The normalized spacial score (nSPS) is 14.0. The van der Waals surface area contributed by atoms with Crippen LogP contribution in [0.5, 0.6) is 17.2 Å². The lowest BCUT2D eigenvalue weighted by Gasteiger charge is -2.25. The molecule has 1 aliphatic rings. The van der Waals surface area contributed by atoms with E-state index in [0.717, 1.165) is 11.1 Å². The van der Waals surface area contributed by atoms with Crippen LogP contribution in [0.1, 0.15) is 49.1 Å². The molecule has 4 aromatic rings. The fraction of sp³-hybridized carbons (Fsp3) is 0.250. The van der Waals surface area contributed by atoms with E-state index in [0.29, 0.717) is 50.0 Å². The van der Waals surface area contributed by atoms with Gasteiger partial charge in [0.25, 0.3) is 5.56 Å². The average Bonchev–Trinajstić information content (AvgIpc) is 3.39. The van der Waals surface area contributed by atoms with Crippen LogP contribution in [-0.4, -0.2) is 43.4 Å². The fourth-order valence-electron chi connectivity index (χ4n) is 5.15. The minimum absolute atomic E-state index is 0.137. The molecule has 0 spiro atoms. The van der Waals surface area contributed by atoms with Crippen LogP contribution in [0.2, 0.25) is 0 Å². The van der Waals surface area contributed by atoms with Crippen molar-refractivity contribution in [2.45, 2.75) is 33.4 Å². The van der Waals surface area contributed by atoms with Gasteiger partial charge in [0.05, 0.1) is 53.8 Å². The van der Waals surface area contributed by atoms with Crippen LogP contribution in [0.4, 0.5) is 0 Å². The second-order valence-corrected chi connectivity index (χ2v) is 11.4. The topological polar surface area (TPSA) is 138 Å². The number of rotatable bonds is 12. The van der Waals surface area contributed by atoms with Crippen molar-refractivity contribution in [2.24, 2.45) is 4.99 Å². The highest BCUT2D eigenvalue weighted by atomic mass is 32.1. The summed E-state index contributed by atoms with van der Waals surface area (Å²) in [4.78, 5) is 44.2. The SMILES string of the molecule is CCOC(=O)C1=C(C)N=c2s/c(=C/c3cccc(OCc4ccccc4C#N)c3)c(=O)n2[C@@H]1c1ccc(OCC(=O)OC)c(OCC)c1. The van der Waals surface area contributed by atoms with Crippen LogP contribution in [0.3, 0.4) is 0 Å². The Hall–Kier alpha value is -5.67. The maximum absolute atomic E-state index is 14.1. The predicted octanol–water partition coefficient (Wildman–Crippen LogP) is 4.20. The molecule has 0 fully saturated rings. The number of hydrogen-bond acceptors (Lipinski definition) is 11. The Morgan fingerprint density at radius 3 is 2.56 bits per heavy atom. The average molecular weight is 668 g/mol. The highest BCUT2D eigenvalue weighted by Crippen LogP contribution is 2.36. The Morgan fingerprint density at radius 2 is 1.81 bits per heavy atom. The number of hydrogen-bond donors (Lipinski definition) is 0. The van der Waals surface area contributed by atoms with Crippen LogP contribution < -0.4 is 29.1 Å². The molecule has 1 atom stereocenters. The van der Waals surface area contributed by atoms with E-state index in [-0.39, 0.29) is 31.0 Å². The number of fused-ring (bicyclic) bond motifs is 1. The summed E-state index contributed by atoms with van der Waals surface area (Å²) < 4.78 is 29.4. The van der Waals surface area contributed by atoms with E-state index in [1.807, 2.05) is 24.3 Å². The molecule has 0 bridgehead atoms. The van der Waals surface area contributed by atoms with Crippen molar-refractivity contribution in [1.29, 1.82) is 5.26 Å². The van der Waals surface area contributed by atoms with Gasteiger partial charge in [-0.05, 0) is 68.3 Å². The number of nitriles is 1. The van der Waals surface area contributed by atoms with Crippen LogP contribution in [0, 0.1) is 11.3 Å². The third kappa shape index (κ3) is 7.32. The summed E-state index contributed by atoms with van der Waals surface area (Å²) in [6.07, 6.45) is 1.75. The minimum atomic E-state index is -0.883. The molecule has 11 nitrogen and oxygen atoms in total. The minimum Gasteiger partial charge on any atom is -0.490 e. The summed E-state index contributed by atoms with van der Waals surface area (Å²) in [6.45, 7) is 5.54. The van der Waals surface area contributed by atoms with Crippen LogP contribution in [-0.2, 0) is 25.7 Å². The van der Waals surface area contributed by atoms with Gasteiger partial charge in [-0.1, -0.05) is 47.7 Å². The predicted molar refractivity (Wildman–Crippen MR) is 177 cm³/mol. The van der Waals surface area contributed by atoms with Crippen molar-refractivity contribution in [3.8, 4) is 23.3 Å². The number of carbonyl (C=O) groups excluding carboxylic acids is 2. The van der Waals surface area contributed by atoms with E-state index in [9.17, 15) is 19.6 Å². The van der Waals surface area contributed by atoms with E-state index in [4.69, 9.17) is 18.9 Å². The number of thiazole rings is 1. The molecule has 0 radical (unpaired) electrons. The number of allylic oxidation sites excluding steroid dienone is 1. The lowest BCUT2D eigenvalue weighted by Crippen LogP contribution is -2.40. The van der Waals surface area contributed by atoms with Crippen molar-refractivity contribution in [3.05, 3.63) is 120 Å². The number of nitrogens with zero attached hydrogens (tertiary/aromatic N) is 3. The van der Waals surface area contributed by atoms with E-state index < -0.39 is 18.0 Å². The fourth-order valence-corrected chi connectivity index (χ4v) is 6.19. The number of carbonyl (C=O) groups is 2. The van der Waals surface area contributed by atoms with Crippen molar-refractivity contribution in [3.63, 3.8) is 0 Å². The standard InChI is InChI=1S/C36H33N3O8S/c1-5-44-29-18-24(14-15-28(29)47-21-31(40)43-4)33-32(35(42)45-6-2)22(3)38-36-39(33)34(41)30(48-36)17-23-10-9-13-27(16-23)46-20-26-12-8-7-11-25(26)19-37/h7-18,33H,5-6,20-21H2,1-4H3/b30-17+/t33-/m1/s1. The molecule has 1 aliphatic heterocycles. The molecule has 5 rings (SSSR count). The molecule has 0 saturated carbocycles. The molecule has 246 valence electrons. The monoisotopic (exact) mass is 667 g/mol. The summed E-state index contributed by atoms with van der Waals surface area (Å²) in [5.41, 5.74) is 2.87. The van der Waals surface area contributed by atoms with Crippen molar-refractivity contribution in [2.75, 3.05) is 26.9 Å². The van der Waals surface area contributed by atoms with E-state index in [1.54, 1.807) is 69.3 Å². The molecule has 2 heterocycles. The molecule has 12 heteroatoms. The Kier molecular flexibility index (Phi) is 10.7. The van der Waals surface area contributed by atoms with Crippen molar-refractivity contribution >= 4 is 29.4 Å². The molecule has 0 N–H and O–H groups in total. The molecule has 48 heavy (non-hydrogen) atoms. The third-order valence-corrected chi connectivity index (χ3v) is 8.34. The van der Waals surface area contributed by atoms with Gasteiger partial charge < -0.3 is 23.7 Å². The zero-order valence-electron chi connectivity index (χ0n) is 26.8. The van der Waals surface area contributed by atoms with Gasteiger partial charge in [-0.2, -0.15) is 5.26 Å². The third-order valence-electron chi connectivity index (χ3n) is 7.36. The van der Waals surface area contributed by atoms with Crippen LogP contribution in [0.25, 0.3) is 6.08 Å². The number of methoxy groups -OCH3 is 1. The van der Waals surface area contributed by atoms with Gasteiger partial charge in [0.1, 0.15) is 12.4 Å². The summed E-state index contributed by atoms with van der Waals surface area (Å²) in [7, 11) is 1.27. The van der Waals surface area contributed by atoms with Gasteiger partial charge in [0, 0.05) is 5.56 Å². The van der Waals surface area contributed by atoms with Crippen molar-refractivity contribution < 1.29 is 33.3 Å². The van der Waals surface area contributed by atoms with E-state index in [1.165, 1.54) is 23.0 Å². The molecular formula is C36H33N3O8S. The molecular weight excluding hydrogens is 634 g/mol. The summed E-state index contributed by atoms with van der Waals surface area (Å²) >= 11 is 1.20. The summed E-state index contributed by atoms with van der Waals surface area (Å²) in [5.74, 6) is 0.0479. The highest BCUT2D eigenvalue weighted by Gasteiger charge is 2.34. The Balaban J connectivity index is 1.56. The summed E-state index contributed by atoms with van der Waals surface area (Å²) in [5, 5.41) is 9.39.